The molecule has 2 heterocycles. The van der Waals surface area contributed by atoms with E-state index >= 15 is 0 Å². The first-order chi connectivity index (χ1) is 15.1. The number of rotatable bonds is 7. The molecule has 2 aliphatic heterocycles. The number of hydrogen-bond acceptors (Lipinski definition) is 5. The molecule has 0 unspecified atom stereocenters. The third-order valence-corrected chi connectivity index (χ3v) is 5.86. The van der Waals surface area contributed by atoms with Crippen LogP contribution in [0.25, 0.3) is 5.57 Å². The number of benzene rings is 2. The van der Waals surface area contributed by atoms with Gasteiger partial charge in [-0.1, -0.05) is 43.3 Å². The van der Waals surface area contributed by atoms with Crippen LogP contribution in [0.3, 0.4) is 0 Å². The summed E-state index contributed by atoms with van der Waals surface area (Å²) < 4.78 is 0. The van der Waals surface area contributed by atoms with E-state index in [9.17, 15) is 9.59 Å². The van der Waals surface area contributed by atoms with Gasteiger partial charge in [-0.25, -0.2) is 0 Å². The van der Waals surface area contributed by atoms with Crippen LogP contribution in [0.5, 0.6) is 0 Å². The standard InChI is InChI=1S/C25H28N4O2/c1-3-14-29-24(30)22(19-8-6-5-7-9-19)23(25(29)31)26-20-10-12-21(13-11-20)28-17-15-27(4-2)16-18-28/h3,5-13,26H,1,4,14-18H2,2H3. The topological polar surface area (TPSA) is 55.9 Å². The normalized spacial score (nSPS) is 17.5. The first-order valence-corrected chi connectivity index (χ1v) is 10.7. The van der Waals surface area contributed by atoms with Crippen LogP contribution < -0.4 is 10.2 Å². The summed E-state index contributed by atoms with van der Waals surface area (Å²) in [7, 11) is 0. The highest BCUT2D eigenvalue weighted by molar-refractivity contribution is 6.36. The average molecular weight is 417 g/mol. The Bertz CT molecular complexity index is 990. The molecule has 2 aliphatic rings. The fraction of sp³-hybridized carbons (Fsp3) is 0.280. The summed E-state index contributed by atoms with van der Waals surface area (Å²) in [5, 5.41) is 3.21. The number of carbonyl (C=O) groups is 2. The number of anilines is 2. The Morgan fingerprint density at radius 3 is 2.23 bits per heavy atom. The first kappa shape index (κ1) is 20.9. The lowest BCUT2D eigenvalue weighted by molar-refractivity contribution is -0.136. The molecular weight excluding hydrogens is 388 g/mol. The predicted octanol–water partition coefficient (Wildman–Crippen LogP) is 3.21. The fourth-order valence-corrected chi connectivity index (χ4v) is 4.08. The summed E-state index contributed by atoms with van der Waals surface area (Å²) >= 11 is 0. The molecule has 0 saturated carbocycles. The highest BCUT2D eigenvalue weighted by Crippen LogP contribution is 2.31. The lowest BCUT2D eigenvalue weighted by atomic mass is 10.0. The maximum atomic E-state index is 13.0. The van der Waals surface area contributed by atoms with Crippen molar-refractivity contribution in [3.05, 3.63) is 78.5 Å². The summed E-state index contributed by atoms with van der Waals surface area (Å²) in [6.07, 6.45) is 1.56. The van der Waals surface area contributed by atoms with Crippen molar-refractivity contribution >= 4 is 28.8 Å². The van der Waals surface area contributed by atoms with Gasteiger partial charge in [-0.15, -0.1) is 6.58 Å². The molecule has 1 saturated heterocycles. The molecule has 2 aromatic rings. The van der Waals surface area contributed by atoms with E-state index in [2.05, 4.69) is 40.8 Å². The molecule has 0 radical (unpaired) electrons. The summed E-state index contributed by atoms with van der Waals surface area (Å²) in [5.41, 5.74) is 3.37. The van der Waals surface area contributed by atoms with Crippen LogP contribution in [0.4, 0.5) is 11.4 Å². The maximum absolute atomic E-state index is 13.0. The van der Waals surface area contributed by atoms with E-state index in [1.165, 1.54) is 10.6 Å². The molecule has 0 bridgehead atoms. The Hall–Kier alpha value is -3.38. The van der Waals surface area contributed by atoms with Gasteiger partial charge in [-0.05, 0) is 36.4 Å². The fourth-order valence-electron chi connectivity index (χ4n) is 4.08. The summed E-state index contributed by atoms with van der Waals surface area (Å²) in [6, 6.07) is 17.4. The second kappa shape index (κ2) is 9.18. The van der Waals surface area contributed by atoms with Gasteiger partial charge in [0.1, 0.15) is 5.70 Å². The van der Waals surface area contributed by atoms with Crippen LogP contribution in [-0.4, -0.2) is 60.9 Å². The molecule has 160 valence electrons. The van der Waals surface area contributed by atoms with E-state index in [1.807, 2.05) is 42.5 Å². The van der Waals surface area contributed by atoms with Gasteiger partial charge in [0.2, 0.25) is 0 Å². The van der Waals surface area contributed by atoms with Crippen molar-refractivity contribution < 1.29 is 9.59 Å². The highest BCUT2D eigenvalue weighted by atomic mass is 16.2. The van der Waals surface area contributed by atoms with Crippen molar-refractivity contribution in [2.24, 2.45) is 0 Å². The first-order valence-electron chi connectivity index (χ1n) is 10.7. The molecule has 1 N–H and O–H groups in total. The number of hydrogen-bond donors (Lipinski definition) is 1. The van der Waals surface area contributed by atoms with Gasteiger partial charge in [-0.3, -0.25) is 14.5 Å². The predicted molar refractivity (Wildman–Crippen MR) is 125 cm³/mol. The zero-order valence-corrected chi connectivity index (χ0v) is 17.9. The van der Waals surface area contributed by atoms with Crippen molar-refractivity contribution in [1.29, 1.82) is 0 Å². The van der Waals surface area contributed by atoms with Crippen molar-refractivity contribution in [3.8, 4) is 0 Å². The largest absolute Gasteiger partial charge is 0.369 e. The summed E-state index contributed by atoms with van der Waals surface area (Å²) in [5.74, 6) is -0.632. The maximum Gasteiger partial charge on any atom is 0.278 e. The van der Waals surface area contributed by atoms with Crippen molar-refractivity contribution in [2.45, 2.75) is 6.92 Å². The Morgan fingerprint density at radius 1 is 0.935 bits per heavy atom. The molecular formula is C25H28N4O2. The van der Waals surface area contributed by atoms with Gasteiger partial charge in [0.05, 0.1) is 5.57 Å². The van der Waals surface area contributed by atoms with Gasteiger partial charge in [-0.2, -0.15) is 0 Å². The minimum Gasteiger partial charge on any atom is -0.369 e. The van der Waals surface area contributed by atoms with Crippen molar-refractivity contribution in [2.75, 3.05) is 49.5 Å². The third-order valence-electron chi connectivity index (χ3n) is 5.86. The van der Waals surface area contributed by atoms with Crippen LogP contribution in [0.15, 0.2) is 72.9 Å². The lowest BCUT2D eigenvalue weighted by Crippen LogP contribution is -2.46. The molecule has 0 spiro atoms. The lowest BCUT2D eigenvalue weighted by Gasteiger charge is -2.35. The zero-order chi connectivity index (χ0) is 21.8. The molecule has 2 aromatic carbocycles. The Kier molecular flexibility index (Phi) is 6.18. The smallest absolute Gasteiger partial charge is 0.278 e. The molecule has 6 nitrogen and oxygen atoms in total. The van der Waals surface area contributed by atoms with Crippen LogP contribution in [-0.2, 0) is 9.59 Å². The summed E-state index contributed by atoms with van der Waals surface area (Å²) in [4.78, 5) is 32.0. The third kappa shape index (κ3) is 4.25. The molecule has 4 rings (SSSR count). The van der Waals surface area contributed by atoms with E-state index in [0.29, 0.717) is 11.3 Å². The number of nitrogens with zero attached hydrogens (tertiary/aromatic N) is 3. The molecule has 0 atom stereocenters. The quantitative estimate of drug-likeness (QED) is 0.555. The number of nitrogens with one attached hydrogen (secondary N) is 1. The van der Waals surface area contributed by atoms with E-state index < -0.39 is 0 Å². The van der Waals surface area contributed by atoms with Gasteiger partial charge in [0.15, 0.2) is 0 Å². The Labute approximate surface area is 183 Å². The Balaban J connectivity index is 1.57. The van der Waals surface area contributed by atoms with Gasteiger partial charge in [0, 0.05) is 44.1 Å². The SMILES string of the molecule is C=CCN1C(=O)C(Nc2ccc(N3CCN(CC)CC3)cc2)=C(c2ccccc2)C1=O. The van der Waals surface area contributed by atoms with Crippen molar-refractivity contribution in [1.82, 2.24) is 9.80 Å². The van der Waals surface area contributed by atoms with Gasteiger partial charge in [0.25, 0.3) is 11.8 Å². The minimum absolute atomic E-state index is 0.182. The number of piperazine rings is 1. The van der Waals surface area contributed by atoms with E-state index in [-0.39, 0.29) is 18.4 Å². The minimum atomic E-state index is -0.330. The molecule has 0 aliphatic carbocycles. The molecule has 6 heteroatoms. The number of amides is 2. The molecule has 2 amide bonds. The monoisotopic (exact) mass is 416 g/mol. The number of carbonyl (C=O) groups excluding carboxylic acids is 2. The number of likely N-dealkylation sites (N-methyl/N-ethyl adjacent to an activating group) is 1. The van der Waals surface area contributed by atoms with Crippen molar-refractivity contribution in [3.63, 3.8) is 0 Å². The molecule has 1 fully saturated rings. The highest BCUT2D eigenvalue weighted by Gasteiger charge is 2.38. The summed E-state index contributed by atoms with van der Waals surface area (Å²) in [6.45, 7) is 11.3. The molecule has 31 heavy (non-hydrogen) atoms. The average Bonchev–Trinajstić information content (AvgIpc) is 3.05. The van der Waals surface area contributed by atoms with E-state index in [4.69, 9.17) is 0 Å². The van der Waals surface area contributed by atoms with Crippen LogP contribution in [0, 0.1) is 0 Å². The van der Waals surface area contributed by atoms with E-state index in [0.717, 1.165) is 44.0 Å². The second-order valence-corrected chi connectivity index (χ2v) is 7.72. The van der Waals surface area contributed by atoms with Crippen LogP contribution in [0.1, 0.15) is 12.5 Å². The van der Waals surface area contributed by atoms with Crippen LogP contribution in [0.2, 0.25) is 0 Å². The second-order valence-electron chi connectivity index (χ2n) is 7.72. The van der Waals surface area contributed by atoms with Gasteiger partial charge >= 0.3 is 0 Å². The van der Waals surface area contributed by atoms with Gasteiger partial charge < -0.3 is 15.1 Å². The Morgan fingerprint density at radius 2 is 1.61 bits per heavy atom. The number of imide groups is 1. The van der Waals surface area contributed by atoms with Crippen LogP contribution >= 0.6 is 0 Å². The zero-order valence-electron chi connectivity index (χ0n) is 17.9. The molecule has 0 aromatic heterocycles. The van der Waals surface area contributed by atoms with E-state index in [1.54, 1.807) is 6.08 Å².